The number of halogens is 1. The zero-order chi connectivity index (χ0) is 18.4. The van der Waals surface area contributed by atoms with E-state index in [2.05, 4.69) is 20.8 Å². The predicted octanol–water partition coefficient (Wildman–Crippen LogP) is 4.87. The van der Waals surface area contributed by atoms with Gasteiger partial charge in [-0.05, 0) is 36.6 Å². The van der Waals surface area contributed by atoms with Crippen LogP contribution < -0.4 is 10.6 Å². The number of para-hydroxylation sites is 1. The van der Waals surface area contributed by atoms with Gasteiger partial charge in [0.2, 0.25) is 11.0 Å². The molecule has 3 aromatic rings. The topological polar surface area (TPSA) is 66.9 Å². The van der Waals surface area contributed by atoms with Gasteiger partial charge in [-0.1, -0.05) is 41.3 Å². The first-order chi connectivity index (χ1) is 12.6. The van der Waals surface area contributed by atoms with Gasteiger partial charge in [-0.2, -0.15) is 0 Å². The molecule has 9 heteroatoms. The molecule has 2 aromatic carbocycles. The molecular formula is C17H15FN4OS3. The summed E-state index contributed by atoms with van der Waals surface area (Å²) in [6.45, 7) is 0. The summed E-state index contributed by atoms with van der Waals surface area (Å²) in [5.41, 5.74) is 1.40. The average molecular weight is 407 g/mol. The van der Waals surface area contributed by atoms with Gasteiger partial charge in [0.25, 0.3) is 0 Å². The summed E-state index contributed by atoms with van der Waals surface area (Å²) < 4.78 is 13.9. The first kappa shape index (κ1) is 18.7. The third-order valence-corrected chi connectivity index (χ3v) is 5.96. The minimum atomic E-state index is -0.323. The van der Waals surface area contributed by atoms with E-state index in [0.29, 0.717) is 15.2 Å². The maximum Gasteiger partial charge on any atom is 0.234 e. The lowest BCUT2D eigenvalue weighted by Gasteiger charge is -2.08. The molecule has 0 fully saturated rings. The van der Waals surface area contributed by atoms with Crippen molar-refractivity contribution in [2.75, 3.05) is 22.6 Å². The Hall–Kier alpha value is -2.10. The van der Waals surface area contributed by atoms with Crippen molar-refractivity contribution >= 4 is 57.3 Å². The molecule has 0 bridgehead atoms. The van der Waals surface area contributed by atoms with E-state index < -0.39 is 0 Å². The van der Waals surface area contributed by atoms with Crippen molar-refractivity contribution in [1.82, 2.24) is 10.2 Å². The molecule has 0 unspecified atom stereocenters. The first-order valence-electron chi connectivity index (χ1n) is 7.56. The highest BCUT2D eigenvalue weighted by Gasteiger charge is 2.10. The number of anilines is 3. The fourth-order valence-electron chi connectivity index (χ4n) is 2.07. The number of aromatic nitrogens is 2. The lowest BCUT2D eigenvalue weighted by Crippen LogP contribution is -2.14. The molecule has 1 amide bonds. The number of nitrogens with one attached hydrogen (secondary N) is 2. The zero-order valence-electron chi connectivity index (χ0n) is 13.7. The molecule has 0 saturated carbocycles. The summed E-state index contributed by atoms with van der Waals surface area (Å²) in [6, 6.07) is 13.8. The largest absolute Gasteiger partial charge is 0.330 e. The van der Waals surface area contributed by atoms with E-state index in [4.69, 9.17) is 0 Å². The smallest absolute Gasteiger partial charge is 0.234 e. The molecule has 0 aliphatic heterocycles. The second-order valence-corrected chi connectivity index (χ2v) is 8.09. The summed E-state index contributed by atoms with van der Waals surface area (Å²) in [5.74, 6) is -0.195. The second kappa shape index (κ2) is 9.02. The van der Waals surface area contributed by atoms with Crippen LogP contribution in [0.4, 0.5) is 20.9 Å². The van der Waals surface area contributed by atoms with Crippen molar-refractivity contribution in [3.05, 3.63) is 54.3 Å². The molecule has 5 nitrogen and oxygen atoms in total. The Kier molecular flexibility index (Phi) is 6.48. The molecule has 0 saturated heterocycles. The van der Waals surface area contributed by atoms with E-state index in [1.165, 1.54) is 35.2 Å². The Bertz CT molecular complexity index is 903. The van der Waals surface area contributed by atoms with E-state index in [0.717, 1.165) is 10.6 Å². The Morgan fingerprint density at radius 3 is 2.85 bits per heavy atom. The number of carbonyl (C=O) groups is 1. The van der Waals surface area contributed by atoms with Crippen molar-refractivity contribution in [3.63, 3.8) is 0 Å². The van der Waals surface area contributed by atoms with Crippen molar-refractivity contribution in [3.8, 4) is 0 Å². The van der Waals surface area contributed by atoms with E-state index in [9.17, 15) is 9.18 Å². The van der Waals surface area contributed by atoms with Crippen molar-refractivity contribution in [2.24, 2.45) is 0 Å². The molecular weight excluding hydrogens is 391 g/mol. The summed E-state index contributed by atoms with van der Waals surface area (Å²) in [7, 11) is 0. The maximum atomic E-state index is 13.2. The third-order valence-electron chi connectivity index (χ3n) is 3.19. The Labute approximate surface area is 162 Å². The van der Waals surface area contributed by atoms with Gasteiger partial charge in [0.1, 0.15) is 5.82 Å². The number of thioether (sulfide) groups is 2. The maximum absolute atomic E-state index is 13.2. The van der Waals surface area contributed by atoms with Gasteiger partial charge in [-0.3, -0.25) is 4.79 Å². The van der Waals surface area contributed by atoms with Gasteiger partial charge in [-0.15, -0.1) is 22.0 Å². The van der Waals surface area contributed by atoms with Crippen LogP contribution in [0.2, 0.25) is 0 Å². The summed E-state index contributed by atoms with van der Waals surface area (Å²) in [4.78, 5) is 13.2. The van der Waals surface area contributed by atoms with E-state index in [1.807, 2.05) is 30.5 Å². The number of benzene rings is 2. The molecule has 1 heterocycles. The lowest BCUT2D eigenvalue weighted by atomic mass is 10.3. The highest BCUT2D eigenvalue weighted by molar-refractivity contribution is 8.01. The molecule has 0 radical (unpaired) electrons. The standard InChI is InChI=1S/C17H15FN4OS3/c1-24-14-8-3-2-7-13(14)20-15(23)10-25-17-22-21-16(26-17)19-12-6-4-5-11(18)9-12/h2-9H,10H2,1H3,(H,19,21)(H,20,23). The van der Waals surface area contributed by atoms with E-state index in [1.54, 1.807) is 23.9 Å². The molecule has 3 rings (SSSR count). The quantitative estimate of drug-likeness (QED) is 0.546. The number of hydrogen-bond acceptors (Lipinski definition) is 7. The van der Waals surface area contributed by atoms with E-state index >= 15 is 0 Å². The minimum Gasteiger partial charge on any atom is -0.330 e. The normalized spacial score (nSPS) is 10.5. The summed E-state index contributed by atoms with van der Waals surface area (Å²) in [6.07, 6.45) is 1.97. The number of amides is 1. The van der Waals surface area contributed by atoms with Crippen molar-refractivity contribution in [2.45, 2.75) is 9.24 Å². The summed E-state index contributed by atoms with van der Waals surface area (Å²) >= 11 is 4.20. The molecule has 26 heavy (non-hydrogen) atoms. The highest BCUT2D eigenvalue weighted by atomic mass is 32.2. The van der Waals surface area contributed by atoms with Crippen LogP contribution in [0, 0.1) is 5.82 Å². The van der Waals surface area contributed by atoms with Gasteiger partial charge in [0.05, 0.1) is 11.4 Å². The summed E-state index contributed by atoms with van der Waals surface area (Å²) in [5, 5.41) is 14.5. The van der Waals surface area contributed by atoms with Crippen LogP contribution in [0.25, 0.3) is 0 Å². The molecule has 0 aliphatic rings. The van der Waals surface area contributed by atoms with Crippen molar-refractivity contribution in [1.29, 1.82) is 0 Å². The second-order valence-electron chi connectivity index (χ2n) is 5.05. The Balaban J connectivity index is 1.53. The first-order valence-corrected chi connectivity index (χ1v) is 10.6. The average Bonchev–Trinajstić information content (AvgIpc) is 3.08. The van der Waals surface area contributed by atoms with Crippen LogP contribution in [0.3, 0.4) is 0 Å². The zero-order valence-corrected chi connectivity index (χ0v) is 16.2. The van der Waals surface area contributed by atoms with Gasteiger partial charge >= 0.3 is 0 Å². The van der Waals surface area contributed by atoms with Crippen molar-refractivity contribution < 1.29 is 9.18 Å². The number of nitrogens with zero attached hydrogens (tertiary/aromatic N) is 2. The number of carbonyl (C=O) groups excluding carboxylic acids is 1. The third kappa shape index (κ3) is 5.20. The molecule has 0 atom stereocenters. The number of hydrogen-bond donors (Lipinski definition) is 2. The van der Waals surface area contributed by atoms with Crippen LogP contribution in [0.1, 0.15) is 0 Å². The lowest BCUT2D eigenvalue weighted by molar-refractivity contribution is -0.113. The Morgan fingerprint density at radius 2 is 2.04 bits per heavy atom. The predicted molar refractivity (Wildman–Crippen MR) is 107 cm³/mol. The van der Waals surface area contributed by atoms with Gasteiger partial charge in [-0.25, -0.2) is 4.39 Å². The SMILES string of the molecule is CSc1ccccc1NC(=O)CSc1nnc(Nc2cccc(F)c2)s1. The van der Waals surface area contributed by atoms with Crippen LogP contribution in [-0.4, -0.2) is 28.1 Å². The van der Waals surface area contributed by atoms with E-state index in [-0.39, 0.29) is 17.5 Å². The Morgan fingerprint density at radius 1 is 1.19 bits per heavy atom. The monoisotopic (exact) mass is 406 g/mol. The number of rotatable bonds is 7. The fourth-order valence-corrected chi connectivity index (χ4v) is 4.20. The molecule has 0 spiro atoms. The van der Waals surface area contributed by atoms with Crippen LogP contribution >= 0.6 is 34.9 Å². The van der Waals surface area contributed by atoms with Crippen LogP contribution in [0.5, 0.6) is 0 Å². The van der Waals surface area contributed by atoms with Crippen LogP contribution in [-0.2, 0) is 4.79 Å². The molecule has 134 valence electrons. The molecule has 2 N–H and O–H groups in total. The van der Waals surface area contributed by atoms with Gasteiger partial charge in [0, 0.05) is 10.6 Å². The molecule has 1 aromatic heterocycles. The molecule has 0 aliphatic carbocycles. The highest BCUT2D eigenvalue weighted by Crippen LogP contribution is 2.29. The van der Waals surface area contributed by atoms with Gasteiger partial charge < -0.3 is 10.6 Å². The van der Waals surface area contributed by atoms with Gasteiger partial charge in [0.15, 0.2) is 4.34 Å². The fraction of sp³-hybridized carbons (Fsp3) is 0.118. The minimum absolute atomic E-state index is 0.105. The van der Waals surface area contributed by atoms with Crippen LogP contribution in [0.15, 0.2) is 57.8 Å².